The molecule has 2 fully saturated rings. The minimum absolute atomic E-state index is 0.693. The Hall–Kier alpha value is -0.480. The molecule has 1 saturated carbocycles. The van der Waals surface area contributed by atoms with Crippen molar-refractivity contribution in [1.29, 1.82) is 0 Å². The number of hydrogen-bond donors (Lipinski definition) is 1. The molecular formula is C13H21N3S. The van der Waals surface area contributed by atoms with Gasteiger partial charge in [-0.05, 0) is 18.6 Å². The molecule has 2 heterocycles. The number of thioether (sulfide) groups is 1. The van der Waals surface area contributed by atoms with Gasteiger partial charge in [0, 0.05) is 42.2 Å². The molecule has 17 heavy (non-hydrogen) atoms. The smallest absolute Gasteiger partial charge is 0.0951 e. The fraction of sp³-hybridized carbons (Fsp3) is 0.769. The third-order valence-electron chi connectivity index (χ3n) is 4.05. The molecule has 0 radical (unpaired) electrons. The van der Waals surface area contributed by atoms with Crippen LogP contribution in [0.15, 0.2) is 12.5 Å². The summed E-state index contributed by atoms with van der Waals surface area (Å²) in [6.07, 6.45) is 8.23. The zero-order valence-corrected chi connectivity index (χ0v) is 11.2. The molecule has 0 bridgehead atoms. The van der Waals surface area contributed by atoms with E-state index < -0.39 is 0 Å². The predicted molar refractivity (Wildman–Crippen MR) is 72.6 cm³/mol. The van der Waals surface area contributed by atoms with Gasteiger partial charge >= 0.3 is 0 Å². The van der Waals surface area contributed by atoms with Crippen LogP contribution in [0.2, 0.25) is 0 Å². The van der Waals surface area contributed by atoms with Crippen LogP contribution in [0.1, 0.15) is 43.8 Å². The van der Waals surface area contributed by atoms with Gasteiger partial charge in [0.1, 0.15) is 0 Å². The second-order valence-corrected chi connectivity index (χ2v) is 6.59. The van der Waals surface area contributed by atoms with Gasteiger partial charge in [-0.15, -0.1) is 0 Å². The van der Waals surface area contributed by atoms with E-state index in [0.29, 0.717) is 12.0 Å². The van der Waals surface area contributed by atoms with E-state index in [1.165, 1.54) is 30.7 Å². The minimum Gasteiger partial charge on any atom is -0.330 e. The van der Waals surface area contributed by atoms with E-state index in [9.17, 15) is 0 Å². The second-order valence-electron chi connectivity index (χ2n) is 5.07. The van der Waals surface area contributed by atoms with E-state index in [-0.39, 0.29) is 0 Å². The zero-order valence-electron chi connectivity index (χ0n) is 10.4. The summed E-state index contributed by atoms with van der Waals surface area (Å²) in [5.41, 5.74) is 1.46. The van der Waals surface area contributed by atoms with Gasteiger partial charge in [-0.2, -0.15) is 11.8 Å². The fourth-order valence-corrected chi connectivity index (χ4v) is 4.29. The lowest BCUT2D eigenvalue weighted by Crippen LogP contribution is -2.41. The van der Waals surface area contributed by atoms with Crippen LogP contribution in [0, 0.1) is 0 Å². The van der Waals surface area contributed by atoms with Crippen LogP contribution in [-0.4, -0.2) is 33.6 Å². The van der Waals surface area contributed by atoms with Crippen LogP contribution >= 0.6 is 11.8 Å². The maximum atomic E-state index is 4.39. The maximum Gasteiger partial charge on any atom is 0.0951 e. The molecule has 0 amide bonds. The Bertz CT molecular complexity index is 372. The Labute approximate surface area is 107 Å². The summed E-state index contributed by atoms with van der Waals surface area (Å²) in [6.45, 7) is 4.53. The van der Waals surface area contributed by atoms with E-state index in [4.69, 9.17) is 0 Å². The average molecular weight is 251 g/mol. The van der Waals surface area contributed by atoms with Crippen molar-refractivity contribution < 1.29 is 0 Å². The van der Waals surface area contributed by atoms with Crippen molar-refractivity contribution in [3.05, 3.63) is 18.2 Å². The molecule has 1 aliphatic heterocycles. The topological polar surface area (TPSA) is 29.9 Å². The van der Waals surface area contributed by atoms with Crippen molar-refractivity contribution in [2.45, 2.75) is 43.4 Å². The highest BCUT2D eigenvalue weighted by atomic mass is 32.2. The van der Waals surface area contributed by atoms with Crippen molar-refractivity contribution in [3.8, 4) is 0 Å². The lowest BCUT2D eigenvalue weighted by Gasteiger charge is -2.31. The van der Waals surface area contributed by atoms with Gasteiger partial charge in [-0.1, -0.05) is 13.3 Å². The molecule has 2 atom stereocenters. The quantitative estimate of drug-likeness (QED) is 0.891. The molecule has 1 aromatic rings. The highest BCUT2D eigenvalue weighted by molar-refractivity contribution is 7.99. The van der Waals surface area contributed by atoms with Gasteiger partial charge in [0.2, 0.25) is 0 Å². The predicted octanol–water partition coefficient (Wildman–Crippen LogP) is 2.42. The van der Waals surface area contributed by atoms with Crippen molar-refractivity contribution in [1.82, 2.24) is 14.9 Å². The molecule has 1 aliphatic carbocycles. The summed E-state index contributed by atoms with van der Waals surface area (Å²) in [5, 5.41) is 4.16. The van der Waals surface area contributed by atoms with E-state index in [2.05, 4.69) is 46.1 Å². The van der Waals surface area contributed by atoms with Gasteiger partial charge < -0.3 is 9.88 Å². The second kappa shape index (κ2) is 5.02. The molecule has 1 saturated heterocycles. The highest BCUT2D eigenvalue weighted by Gasteiger charge is 2.32. The first-order valence-corrected chi connectivity index (χ1v) is 7.79. The normalized spacial score (nSPS) is 29.5. The zero-order chi connectivity index (χ0) is 11.7. The first-order valence-electron chi connectivity index (χ1n) is 6.74. The Morgan fingerprint density at radius 2 is 2.35 bits per heavy atom. The first-order chi connectivity index (χ1) is 8.40. The maximum absolute atomic E-state index is 4.39. The van der Waals surface area contributed by atoms with Gasteiger partial charge in [0.25, 0.3) is 0 Å². The highest BCUT2D eigenvalue weighted by Crippen LogP contribution is 2.40. The number of nitrogens with zero attached hydrogens (tertiary/aromatic N) is 2. The summed E-state index contributed by atoms with van der Waals surface area (Å²) in [6, 6.07) is 0.693. The molecule has 1 aromatic heterocycles. The van der Waals surface area contributed by atoms with Crippen LogP contribution in [0.25, 0.3) is 0 Å². The van der Waals surface area contributed by atoms with Crippen LogP contribution < -0.4 is 5.32 Å². The van der Waals surface area contributed by atoms with Gasteiger partial charge in [-0.25, -0.2) is 4.98 Å². The number of nitrogens with one attached hydrogen (secondary N) is 1. The molecule has 0 aromatic carbocycles. The average Bonchev–Trinajstić information content (AvgIpc) is 2.84. The molecule has 1 N–H and O–H groups in total. The SMILES string of the molecule is CCSC1CCCC1n1cncc1C1CNC1. The molecule has 2 aliphatic rings. The molecule has 4 heteroatoms. The Kier molecular flexibility index (Phi) is 3.43. The molecule has 2 unspecified atom stereocenters. The summed E-state index contributed by atoms with van der Waals surface area (Å²) < 4.78 is 2.48. The lowest BCUT2D eigenvalue weighted by atomic mass is 9.99. The number of imidazole rings is 1. The number of hydrogen-bond acceptors (Lipinski definition) is 3. The Morgan fingerprint density at radius 1 is 1.47 bits per heavy atom. The van der Waals surface area contributed by atoms with Crippen LogP contribution in [0.5, 0.6) is 0 Å². The number of aromatic nitrogens is 2. The van der Waals surface area contributed by atoms with E-state index in [1.807, 2.05) is 0 Å². The van der Waals surface area contributed by atoms with Gasteiger partial charge in [0.05, 0.1) is 6.33 Å². The molecule has 0 spiro atoms. The van der Waals surface area contributed by atoms with Crippen molar-refractivity contribution in [3.63, 3.8) is 0 Å². The summed E-state index contributed by atoms with van der Waals surface area (Å²) in [7, 11) is 0. The number of rotatable bonds is 4. The minimum atomic E-state index is 0.693. The largest absolute Gasteiger partial charge is 0.330 e. The Morgan fingerprint density at radius 3 is 3.06 bits per heavy atom. The molecular weight excluding hydrogens is 230 g/mol. The van der Waals surface area contributed by atoms with Gasteiger partial charge in [0.15, 0.2) is 0 Å². The summed E-state index contributed by atoms with van der Waals surface area (Å²) in [5.74, 6) is 1.93. The van der Waals surface area contributed by atoms with Crippen LogP contribution in [0.3, 0.4) is 0 Å². The summed E-state index contributed by atoms with van der Waals surface area (Å²) >= 11 is 2.13. The first kappa shape index (κ1) is 11.6. The third kappa shape index (κ3) is 2.13. The molecule has 94 valence electrons. The van der Waals surface area contributed by atoms with Gasteiger partial charge in [-0.3, -0.25) is 0 Å². The summed E-state index contributed by atoms with van der Waals surface area (Å²) in [4.78, 5) is 4.39. The van der Waals surface area contributed by atoms with Crippen molar-refractivity contribution in [2.24, 2.45) is 0 Å². The fourth-order valence-electron chi connectivity index (χ4n) is 3.04. The van der Waals surface area contributed by atoms with E-state index in [0.717, 1.165) is 18.3 Å². The van der Waals surface area contributed by atoms with Crippen LogP contribution in [-0.2, 0) is 0 Å². The lowest BCUT2D eigenvalue weighted by molar-refractivity contribution is 0.404. The Balaban J connectivity index is 1.80. The standard InChI is InChI=1S/C13H21N3S/c1-2-17-13-5-3-4-11(13)16-9-15-8-12(16)10-6-14-7-10/h8-11,13-14H,2-7H2,1H3. The van der Waals surface area contributed by atoms with E-state index in [1.54, 1.807) is 0 Å². The van der Waals surface area contributed by atoms with E-state index >= 15 is 0 Å². The van der Waals surface area contributed by atoms with Crippen LogP contribution in [0.4, 0.5) is 0 Å². The monoisotopic (exact) mass is 251 g/mol. The van der Waals surface area contributed by atoms with Crippen molar-refractivity contribution in [2.75, 3.05) is 18.8 Å². The van der Waals surface area contributed by atoms with Crippen molar-refractivity contribution >= 4 is 11.8 Å². The third-order valence-corrected chi connectivity index (χ3v) is 5.36. The molecule has 3 rings (SSSR count). The molecule has 3 nitrogen and oxygen atoms in total.